The maximum Gasteiger partial charge on any atom is 0.240 e. The lowest BCUT2D eigenvalue weighted by Crippen LogP contribution is -2.38. The Morgan fingerprint density at radius 1 is 1.37 bits per heavy atom. The molecule has 0 aliphatic heterocycles. The molecule has 0 radical (unpaired) electrons. The van der Waals surface area contributed by atoms with Crippen LogP contribution in [-0.2, 0) is 10.0 Å². The van der Waals surface area contributed by atoms with Gasteiger partial charge in [-0.15, -0.1) is 0 Å². The molecule has 0 spiro atoms. The van der Waals surface area contributed by atoms with Gasteiger partial charge in [0, 0.05) is 15.8 Å². The molecular weight excluding hydrogens is 417 g/mol. The molecule has 19 heavy (non-hydrogen) atoms. The standard InChI is InChI=1S/C12H16Br2ClNO2S/c1-8(2)12(5-6-13)16-19(17,18)9-3-4-11(15)10(14)7-9/h3-4,7-8,12,16H,5-6H2,1-2H3. The molecule has 1 aromatic rings. The van der Waals surface area contributed by atoms with Gasteiger partial charge in [-0.25, -0.2) is 13.1 Å². The van der Waals surface area contributed by atoms with Crippen molar-refractivity contribution in [1.29, 1.82) is 0 Å². The molecule has 0 bridgehead atoms. The zero-order valence-corrected chi connectivity index (χ0v) is 15.4. The van der Waals surface area contributed by atoms with E-state index in [9.17, 15) is 8.42 Å². The summed E-state index contributed by atoms with van der Waals surface area (Å²) >= 11 is 12.4. The van der Waals surface area contributed by atoms with Gasteiger partial charge >= 0.3 is 0 Å². The first-order valence-corrected chi connectivity index (χ1v) is 9.59. The summed E-state index contributed by atoms with van der Waals surface area (Å²) in [5.74, 6) is 0.225. The molecule has 0 heterocycles. The highest BCUT2D eigenvalue weighted by Gasteiger charge is 2.22. The number of halogens is 3. The van der Waals surface area contributed by atoms with Crippen molar-refractivity contribution in [2.24, 2.45) is 5.92 Å². The predicted octanol–water partition coefficient (Wildman–Crippen LogP) is 4.19. The molecule has 3 nitrogen and oxygen atoms in total. The number of hydrogen-bond donors (Lipinski definition) is 1. The Balaban J connectivity index is 2.99. The summed E-state index contributed by atoms with van der Waals surface area (Å²) in [4.78, 5) is 0.212. The van der Waals surface area contributed by atoms with Gasteiger partial charge in [-0.05, 0) is 46.5 Å². The molecule has 1 aromatic carbocycles. The van der Waals surface area contributed by atoms with Crippen molar-refractivity contribution >= 4 is 53.5 Å². The second-order valence-electron chi connectivity index (χ2n) is 4.53. The maximum absolute atomic E-state index is 12.3. The van der Waals surface area contributed by atoms with Crippen LogP contribution in [0.1, 0.15) is 20.3 Å². The first-order valence-electron chi connectivity index (χ1n) is 5.81. The Bertz CT molecular complexity index is 535. The topological polar surface area (TPSA) is 46.2 Å². The SMILES string of the molecule is CC(C)C(CCBr)NS(=O)(=O)c1ccc(Cl)c(Br)c1. The molecular formula is C12H16Br2ClNO2S. The second-order valence-corrected chi connectivity index (χ2v) is 8.29. The van der Waals surface area contributed by atoms with Crippen molar-refractivity contribution in [3.8, 4) is 0 Å². The van der Waals surface area contributed by atoms with Crippen LogP contribution in [0.5, 0.6) is 0 Å². The highest BCUT2D eigenvalue weighted by Crippen LogP contribution is 2.25. The number of sulfonamides is 1. The second kappa shape index (κ2) is 7.41. The third-order valence-corrected chi connectivity index (χ3v) is 5.89. The van der Waals surface area contributed by atoms with Crippen LogP contribution in [0, 0.1) is 5.92 Å². The van der Waals surface area contributed by atoms with Gasteiger partial charge in [-0.1, -0.05) is 41.4 Å². The molecule has 1 unspecified atom stereocenters. The molecule has 0 aromatic heterocycles. The van der Waals surface area contributed by atoms with E-state index in [1.54, 1.807) is 6.07 Å². The average Bonchev–Trinajstić information content (AvgIpc) is 2.31. The van der Waals surface area contributed by atoms with E-state index < -0.39 is 10.0 Å². The number of benzene rings is 1. The van der Waals surface area contributed by atoms with Crippen molar-refractivity contribution < 1.29 is 8.42 Å². The van der Waals surface area contributed by atoms with Crippen LogP contribution < -0.4 is 4.72 Å². The monoisotopic (exact) mass is 431 g/mol. The van der Waals surface area contributed by atoms with Crippen LogP contribution in [0.2, 0.25) is 5.02 Å². The smallest absolute Gasteiger partial charge is 0.208 e. The highest BCUT2D eigenvalue weighted by molar-refractivity contribution is 9.10. The molecule has 0 fully saturated rings. The summed E-state index contributed by atoms with van der Waals surface area (Å²) in [6, 6.07) is 4.48. The minimum Gasteiger partial charge on any atom is -0.208 e. The average molecular weight is 434 g/mol. The molecule has 7 heteroatoms. The van der Waals surface area contributed by atoms with E-state index in [-0.39, 0.29) is 16.9 Å². The van der Waals surface area contributed by atoms with Gasteiger partial charge in [0.15, 0.2) is 0 Å². The fourth-order valence-electron chi connectivity index (χ4n) is 1.56. The largest absolute Gasteiger partial charge is 0.240 e. The predicted molar refractivity (Wildman–Crippen MR) is 86.5 cm³/mol. The van der Waals surface area contributed by atoms with Gasteiger partial charge in [-0.2, -0.15) is 0 Å². The van der Waals surface area contributed by atoms with E-state index in [4.69, 9.17) is 11.6 Å². The van der Waals surface area contributed by atoms with Gasteiger partial charge in [-0.3, -0.25) is 0 Å². The van der Waals surface area contributed by atoms with Crippen molar-refractivity contribution in [3.05, 3.63) is 27.7 Å². The van der Waals surface area contributed by atoms with Crippen molar-refractivity contribution in [2.45, 2.75) is 31.2 Å². The van der Waals surface area contributed by atoms with E-state index in [0.717, 1.165) is 11.8 Å². The van der Waals surface area contributed by atoms with E-state index >= 15 is 0 Å². The lowest BCUT2D eigenvalue weighted by Gasteiger charge is -2.21. The van der Waals surface area contributed by atoms with Crippen LogP contribution in [-0.4, -0.2) is 19.8 Å². The number of hydrogen-bond acceptors (Lipinski definition) is 2. The molecule has 1 rings (SSSR count). The van der Waals surface area contributed by atoms with Crippen LogP contribution in [0.15, 0.2) is 27.6 Å². The summed E-state index contributed by atoms with van der Waals surface area (Å²) < 4.78 is 27.9. The van der Waals surface area contributed by atoms with Gasteiger partial charge in [0.1, 0.15) is 0 Å². The Morgan fingerprint density at radius 3 is 2.47 bits per heavy atom. The van der Waals surface area contributed by atoms with Gasteiger partial charge < -0.3 is 0 Å². The van der Waals surface area contributed by atoms with E-state index in [1.807, 2.05) is 13.8 Å². The first kappa shape index (κ1) is 17.4. The summed E-state index contributed by atoms with van der Waals surface area (Å²) in [6.45, 7) is 3.99. The van der Waals surface area contributed by atoms with Crippen LogP contribution >= 0.6 is 43.5 Å². The molecule has 0 aliphatic rings. The molecule has 0 aliphatic carbocycles. The minimum absolute atomic E-state index is 0.0983. The van der Waals surface area contributed by atoms with Crippen molar-refractivity contribution in [2.75, 3.05) is 5.33 Å². The molecule has 1 N–H and O–H groups in total. The van der Waals surface area contributed by atoms with E-state index in [0.29, 0.717) is 9.50 Å². The summed E-state index contributed by atoms with van der Waals surface area (Å²) in [6.07, 6.45) is 0.742. The van der Waals surface area contributed by atoms with Crippen molar-refractivity contribution in [3.63, 3.8) is 0 Å². The van der Waals surface area contributed by atoms with Gasteiger partial charge in [0.25, 0.3) is 0 Å². The lowest BCUT2D eigenvalue weighted by molar-refractivity contribution is 0.440. The first-order chi connectivity index (χ1) is 8.77. The van der Waals surface area contributed by atoms with Crippen LogP contribution in [0.4, 0.5) is 0 Å². The number of rotatable bonds is 6. The zero-order valence-electron chi connectivity index (χ0n) is 10.7. The quantitative estimate of drug-likeness (QED) is 0.684. The normalized spacial score (nSPS) is 13.8. The lowest BCUT2D eigenvalue weighted by atomic mass is 10.0. The molecule has 0 saturated heterocycles. The third kappa shape index (κ3) is 5.01. The van der Waals surface area contributed by atoms with Crippen LogP contribution in [0.25, 0.3) is 0 Å². The van der Waals surface area contributed by atoms with E-state index in [2.05, 4.69) is 36.6 Å². The Hall–Kier alpha value is 0.380. The fraction of sp³-hybridized carbons (Fsp3) is 0.500. The van der Waals surface area contributed by atoms with E-state index in [1.165, 1.54) is 12.1 Å². The molecule has 108 valence electrons. The highest BCUT2D eigenvalue weighted by atomic mass is 79.9. The van der Waals surface area contributed by atoms with Crippen LogP contribution in [0.3, 0.4) is 0 Å². The summed E-state index contributed by atoms with van der Waals surface area (Å²) in [5.41, 5.74) is 0. The molecule has 0 amide bonds. The molecule has 1 atom stereocenters. The van der Waals surface area contributed by atoms with Gasteiger partial charge in [0.05, 0.1) is 9.92 Å². The van der Waals surface area contributed by atoms with Gasteiger partial charge in [0.2, 0.25) is 10.0 Å². The van der Waals surface area contributed by atoms with Crippen molar-refractivity contribution in [1.82, 2.24) is 4.72 Å². The summed E-state index contributed by atoms with van der Waals surface area (Å²) in [7, 11) is -3.53. The number of nitrogens with one attached hydrogen (secondary N) is 1. The Kier molecular flexibility index (Phi) is 6.79. The Morgan fingerprint density at radius 2 is 2.00 bits per heavy atom. The summed E-state index contributed by atoms with van der Waals surface area (Å²) in [5, 5.41) is 1.24. The maximum atomic E-state index is 12.3. The molecule has 0 saturated carbocycles. The minimum atomic E-state index is -3.53. The fourth-order valence-corrected chi connectivity index (χ4v) is 4.14. The zero-order chi connectivity index (χ0) is 14.6. The Labute approximate surface area is 136 Å². The number of alkyl halides is 1. The third-order valence-electron chi connectivity index (χ3n) is 2.73.